The fraction of sp³-hybridized carbons (Fsp3) is 0. The third-order valence-corrected chi connectivity index (χ3v) is 2.23. The Hall–Kier alpha value is -3.10. The van der Waals surface area contributed by atoms with Crippen LogP contribution in [0.2, 0.25) is 0 Å². The zero-order valence-electron chi connectivity index (χ0n) is 10.1. The molecule has 0 saturated heterocycles. The third kappa shape index (κ3) is 3.45. The lowest BCUT2D eigenvalue weighted by atomic mass is 10.2. The third-order valence-electron chi connectivity index (χ3n) is 2.23. The van der Waals surface area contributed by atoms with Crippen molar-refractivity contribution in [2.75, 3.05) is 16.0 Å². The minimum absolute atomic E-state index is 0.128. The number of nitrogens with two attached hydrogens (primary N) is 1. The van der Waals surface area contributed by atoms with E-state index >= 15 is 0 Å². The lowest BCUT2D eigenvalue weighted by Crippen LogP contribution is -2.21. The fourth-order valence-corrected chi connectivity index (χ4v) is 1.44. The maximum absolute atomic E-state index is 13.4. The normalized spacial score (nSPS) is 9.85. The molecule has 0 bridgehead atoms. The molecule has 4 amide bonds. The summed E-state index contributed by atoms with van der Waals surface area (Å²) in [7, 11) is 0. The van der Waals surface area contributed by atoms with Crippen LogP contribution in [0.5, 0.6) is 0 Å². The second-order valence-electron chi connectivity index (χ2n) is 3.73. The molecule has 0 radical (unpaired) electrons. The molecule has 6 N–H and O–H groups in total. The molecule has 9 heteroatoms. The molecule has 8 nitrogen and oxygen atoms in total. The van der Waals surface area contributed by atoms with E-state index in [1.54, 1.807) is 6.07 Å². The quantitative estimate of drug-likeness (QED) is 0.586. The second-order valence-corrected chi connectivity index (χ2v) is 3.73. The first-order chi connectivity index (χ1) is 9.54. The Morgan fingerprint density at radius 1 is 1.20 bits per heavy atom. The van der Waals surface area contributed by atoms with Gasteiger partial charge in [-0.2, -0.15) is 5.10 Å². The van der Waals surface area contributed by atoms with Gasteiger partial charge in [0.05, 0.1) is 11.9 Å². The summed E-state index contributed by atoms with van der Waals surface area (Å²) in [5.74, 6) is -0.261. The minimum atomic E-state index is -0.900. The summed E-state index contributed by atoms with van der Waals surface area (Å²) in [6.45, 7) is 0. The molecule has 20 heavy (non-hydrogen) atoms. The zero-order valence-corrected chi connectivity index (χ0v) is 10.1. The van der Waals surface area contributed by atoms with Crippen molar-refractivity contribution in [3.63, 3.8) is 0 Å². The van der Waals surface area contributed by atoms with Gasteiger partial charge in [-0.15, -0.1) is 0 Å². The van der Waals surface area contributed by atoms with Crippen molar-refractivity contribution in [3.8, 4) is 0 Å². The van der Waals surface area contributed by atoms with Gasteiger partial charge < -0.3 is 16.4 Å². The number of aromatic amines is 1. The maximum Gasteiger partial charge on any atom is 0.324 e. The van der Waals surface area contributed by atoms with Gasteiger partial charge in [0, 0.05) is 11.8 Å². The molecule has 0 saturated carbocycles. The molecular weight excluding hydrogens is 267 g/mol. The number of halogens is 1. The van der Waals surface area contributed by atoms with Gasteiger partial charge in [0.2, 0.25) is 0 Å². The number of hydrogen-bond acceptors (Lipinski definition) is 3. The van der Waals surface area contributed by atoms with Crippen LogP contribution in [0.25, 0.3) is 0 Å². The van der Waals surface area contributed by atoms with E-state index in [-0.39, 0.29) is 11.4 Å². The van der Waals surface area contributed by atoms with Crippen molar-refractivity contribution < 1.29 is 14.0 Å². The summed E-state index contributed by atoms with van der Waals surface area (Å²) < 4.78 is 13.4. The molecule has 0 aliphatic heterocycles. The van der Waals surface area contributed by atoms with E-state index in [0.717, 1.165) is 6.07 Å². The highest BCUT2D eigenvalue weighted by molar-refractivity contribution is 5.99. The van der Waals surface area contributed by atoms with Crippen LogP contribution in [0.3, 0.4) is 0 Å². The van der Waals surface area contributed by atoms with E-state index in [0.29, 0.717) is 5.82 Å². The number of anilines is 3. The standard InChI is InChI=1S/C11H11FN6O2/c12-7-2-1-6(5-8(7)16-10(13)19)15-11(20)17-9-3-4-14-18-9/h1-5H,(H3,13,16,19)(H3,14,15,17,18,20). The number of nitrogens with zero attached hydrogens (tertiary/aromatic N) is 1. The van der Waals surface area contributed by atoms with Gasteiger partial charge in [0.25, 0.3) is 0 Å². The summed E-state index contributed by atoms with van der Waals surface area (Å²) >= 11 is 0. The number of urea groups is 2. The van der Waals surface area contributed by atoms with Crippen molar-refractivity contribution in [1.29, 1.82) is 0 Å². The molecule has 1 aromatic heterocycles. The van der Waals surface area contributed by atoms with E-state index in [1.807, 2.05) is 0 Å². The van der Waals surface area contributed by atoms with Gasteiger partial charge in [-0.1, -0.05) is 0 Å². The Kier molecular flexibility index (Phi) is 3.80. The number of H-pyrrole nitrogens is 1. The molecule has 0 aliphatic carbocycles. The largest absolute Gasteiger partial charge is 0.351 e. The lowest BCUT2D eigenvalue weighted by Gasteiger charge is -2.09. The van der Waals surface area contributed by atoms with E-state index in [4.69, 9.17) is 5.73 Å². The molecular formula is C11H11FN6O2. The molecule has 0 atom stereocenters. The Bertz CT molecular complexity index is 628. The average Bonchev–Trinajstić information content (AvgIpc) is 2.85. The maximum atomic E-state index is 13.4. The van der Waals surface area contributed by atoms with E-state index in [9.17, 15) is 14.0 Å². The van der Waals surface area contributed by atoms with Gasteiger partial charge >= 0.3 is 12.1 Å². The van der Waals surface area contributed by atoms with Crippen molar-refractivity contribution in [3.05, 3.63) is 36.3 Å². The molecule has 2 aromatic rings. The zero-order chi connectivity index (χ0) is 14.5. The SMILES string of the molecule is NC(=O)Nc1cc(NC(=O)Nc2ccn[nH]2)ccc1F. The number of carbonyl (C=O) groups is 2. The Morgan fingerprint density at radius 3 is 2.65 bits per heavy atom. The Labute approximate surface area is 112 Å². The van der Waals surface area contributed by atoms with Gasteiger partial charge in [0.15, 0.2) is 0 Å². The van der Waals surface area contributed by atoms with Gasteiger partial charge in [-0.05, 0) is 18.2 Å². The van der Waals surface area contributed by atoms with E-state index < -0.39 is 17.9 Å². The monoisotopic (exact) mass is 278 g/mol. The average molecular weight is 278 g/mol. The highest BCUT2D eigenvalue weighted by Crippen LogP contribution is 2.19. The highest BCUT2D eigenvalue weighted by Gasteiger charge is 2.08. The van der Waals surface area contributed by atoms with Crippen LogP contribution >= 0.6 is 0 Å². The molecule has 0 aliphatic rings. The van der Waals surface area contributed by atoms with Crippen molar-refractivity contribution in [2.45, 2.75) is 0 Å². The predicted octanol–water partition coefficient (Wildman–Crippen LogP) is 1.68. The first-order valence-corrected chi connectivity index (χ1v) is 5.48. The molecule has 0 spiro atoms. The summed E-state index contributed by atoms with van der Waals surface area (Å²) in [4.78, 5) is 22.3. The molecule has 0 fully saturated rings. The number of amides is 4. The minimum Gasteiger partial charge on any atom is -0.351 e. The molecule has 1 aromatic carbocycles. The summed E-state index contributed by atoms with van der Waals surface area (Å²) in [5, 5.41) is 13.3. The second kappa shape index (κ2) is 5.69. The first kappa shape index (κ1) is 13.3. The van der Waals surface area contributed by atoms with Crippen LogP contribution in [-0.2, 0) is 0 Å². The topological polar surface area (TPSA) is 125 Å². The Morgan fingerprint density at radius 2 is 2.00 bits per heavy atom. The van der Waals surface area contributed by atoms with E-state index in [1.165, 1.54) is 18.3 Å². The molecule has 1 heterocycles. The number of benzene rings is 1. The fourth-order valence-electron chi connectivity index (χ4n) is 1.44. The number of nitrogens with one attached hydrogen (secondary N) is 4. The van der Waals surface area contributed by atoms with Crippen LogP contribution in [0.4, 0.5) is 31.2 Å². The molecule has 0 unspecified atom stereocenters. The van der Waals surface area contributed by atoms with Gasteiger partial charge in [-0.25, -0.2) is 14.0 Å². The van der Waals surface area contributed by atoms with Crippen LogP contribution in [-0.4, -0.2) is 22.3 Å². The highest BCUT2D eigenvalue weighted by atomic mass is 19.1. The van der Waals surface area contributed by atoms with Crippen LogP contribution < -0.4 is 21.7 Å². The molecule has 2 rings (SSSR count). The number of aromatic nitrogens is 2. The summed E-state index contributed by atoms with van der Waals surface area (Å²) in [6.07, 6.45) is 1.47. The van der Waals surface area contributed by atoms with Crippen molar-refractivity contribution in [2.24, 2.45) is 5.73 Å². The van der Waals surface area contributed by atoms with Gasteiger partial charge in [0.1, 0.15) is 11.6 Å². The van der Waals surface area contributed by atoms with Crippen molar-refractivity contribution in [1.82, 2.24) is 10.2 Å². The number of hydrogen-bond donors (Lipinski definition) is 5. The van der Waals surface area contributed by atoms with Crippen molar-refractivity contribution >= 4 is 29.3 Å². The van der Waals surface area contributed by atoms with Crippen LogP contribution in [0.15, 0.2) is 30.5 Å². The number of carbonyl (C=O) groups excluding carboxylic acids is 2. The van der Waals surface area contributed by atoms with Crippen LogP contribution in [0, 0.1) is 5.82 Å². The Balaban J connectivity index is 2.05. The summed E-state index contributed by atoms with van der Waals surface area (Å²) in [6, 6.07) is 3.79. The first-order valence-electron chi connectivity index (χ1n) is 5.48. The molecule has 104 valence electrons. The number of primary amides is 1. The van der Waals surface area contributed by atoms with Crippen LogP contribution in [0.1, 0.15) is 0 Å². The number of rotatable bonds is 3. The predicted molar refractivity (Wildman–Crippen MR) is 70.8 cm³/mol. The lowest BCUT2D eigenvalue weighted by molar-refractivity contribution is 0.259. The smallest absolute Gasteiger partial charge is 0.324 e. The van der Waals surface area contributed by atoms with E-state index in [2.05, 4.69) is 26.1 Å². The van der Waals surface area contributed by atoms with Gasteiger partial charge in [-0.3, -0.25) is 10.4 Å². The summed E-state index contributed by atoms with van der Waals surface area (Å²) in [5.41, 5.74) is 5.06.